The number of benzene rings is 1. The van der Waals surface area contributed by atoms with Crippen LogP contribution >= 0.6 is 23.2 Å². The predicted octanol–water partition coefficient (Wildman–Crippen LogP) is 2.76. The molecule has 22 heavy (non-hydrogen) atoms. The number of carbonyl (C=O) groups excluding carboxylic acids is 1. The molecule has 0 saturated carbocycles. The number of esters is 1. The summed E-state index contributed by atoms with van der Waals surface area (Å²) in [6.07, 6.45) is 0.753. The first kappa shape index (κ1) is 15.8. The van der Waals surface area contributed by atoms with Gasteiger partial charge in [0.2, 0.25) is 0 Å². The lowest BCUT2D eigenvalue weighted by molar-refractivity contribution is -0.137. The van der Waals surface area contributed by atoms with Crippen LogP contribution in [-0.2, 0) is 9.53 Å². The van der Waals surface area contributed by atoms with Crippen molar-refractivity contribution in [3.63, 3.8) is 0 Å². The van der Waals surface area contributed by atoms with Gasteiger partial charge in [0.1, 0.15) is 0 Å². The van der Waals surface area contributed by atoms with E-state index in [1.54, 1.807) is 12.1 Å². The van der Waals surface area contributed by atoms with Crippen LogP contribution in [0, 0.1) is 0 Å². The highest BCUT2D eigenvalue weighted by Crippen LogP contribution is 2.43. The number of aliphatic hydroxyl groups is 1. The average molecular weight is 342 g/mol. The van der Waals surface area contributed by atoms with Crippen molar-refractivity contribution in [3.8, 4) is 0 Å². The van der Waals surface area contributed by atoms with Crippen LogP contribution in [0.3, 0.4) is 0 Å². The van der Waals surface area contributed by atoms with Crippen molar-refractivity contribution < 1.29 is 14.6 Å². The summed E-state index contributed by atoms with van der Waals surface area (Å²) in [6.45, 7) is 0. The molecule has 0 amide bonds. The molecule has 3 atom stereocenters. The maximum absolute atomic E-state index is 12.3. The van der Waals surface area contributed by atoms with Gasteiger partial charge in [0, 0.05) is 6.04 Å². The normalized spacial score (nSPS) is 28.1. The number of hydrogen-bond donors (Lipinski definition) is 1. The molecule has 2 bridgehead atoms. The fourth-order valence-corrected chi connectivity index (χ4v) is 3.83. The smallest absolute Gasteiger partial charge is 0.335 e. The summed E-state index contributed by atoms with van der Waals surface area (Å²) in [4.78, 5) is 14.4. The van der Waals surface area contributed by atoms with Gasteiger partial charge in [-0.25, -0.2) is 4.79 Å². The summed E-state index contributed by atoms with van der Waals surface area (Å²) in [5, 5.41) is 11.2. The highest BCUT2D eigenvalue weighted by molar-refractivity contribution is 6.42. The first-order valence-electron chi connectivity index (χ1n) is 7.10. The molecule has 0 unspecified atom stereocenters. The minimum atomic E-state index is -0.565. The number of halogens is 2. The maximum Gasteiger partial charge on any atom is 0.335 e. The number of hydrogen-bond acceptors (Lipinski definition) is 4. The number of rotatable bonds is 2. The van der Waals surface area contributed by atoms with Crippen molar-refractivity contribution >= 4 is 34.7 Å². The summed E-state index contributed by atoms with van der Waals surface area (Å²) in [6, 6.07) is 5.20. The highest BCUT2D eigenvalue weighted by atomic mass is 35.5. The van der Waals surface area contributed by atoms with Crippen LogP contribution in [0.4, 0.5) is 0 Å². The van der Waals surface area contributed by atoms with Crippen LogP contribution in [0.5, 0.6) is 0 Å². The van der Waals surface area contributed by atoms with E-state index >= 15 is 0 Å². The highest BCUT2D eigenvalue weighted by Gasteiger charge is 2.47. The topological polar surface area (TPSA) is 49.8 Å². The number of ether oxygens (including phenoxy) is 1. The molecule has 1 aromatic rings. The molecule has 1 saturated heterocycles. The quantitative estimate of drug-likeness (QED) is 0.840. The summed E-state index contributed by atoms with van der Waals surface area (Å²) in [5.74, 6) is -0.405. The minimum absolute atomic E-state index is 0.206. The van der Waals surface area contributed by atoms with Crippen molar-refractivity contribution in [1.82, 2.24) is 4.90 Å². The van der Waals surface area contributed by atoms with Crippen molar-refractivity contribution in [2.75, 3.05) is 14.2 Å². The predicted molar refractivity (Wildman–Crippen MR) is 86.0 cm³/mol. The van der Waals surface area contributed by atoms with E-state index in [1.807, 2.05) is 13.1 Å². The molecule has 2 aliphatic rings. The van der Waals surface area contributed by atoms with Crippen LogP contribution in [0.15, 0.2) is 23.8 Å². The van der Waals surface area contributed by atoms with Gasteiger partial charge in [-0.2, -0.15) is 0 Å². The summed E-state index contributed by atoms with van der Waals surface area (Å²) >= 11 is 12.1. The van der Waals surface area contributed by atoms with E-state index in [9.17, 15) is 9.90 Å². The molecule has 2 heterocycles. The Morgan fingerprint density at radius 1 is 1.36 bits per heavy atom. The SMILES string of the molecule is COC(=O)C1=C(c2ccc(Cl)c(Cl)c2)C[C@H]2C[C@@H](O)[C@@H]1N2C. The van der Waals surface area contributed by atoms with Gasteiger partial charge in [-0.3, -0.25) is 4.90 Å². The Balaban J connectivity index is 2.16. The van der Waals surface area contributed by atoms with Gasteiger partial charge < -0.3 is 9.84 Å². The maximum atomic E-state index is 12.3. The molecular formula is C16H17Cl2NO3. The number of methoxy groups -OCH3 is 1. The second-order valence-corrected chi connectivity index (χ2v) is 6.60. The molecule has 2 aliphatic heterocycles. The van der Waals surface area contributed by atoms with Crippen molar-refractivity contribution in [1.29, 1.82) is 0 Å². The molecule has 1 aromatic carbocycles. The molecule has 4 nitrogen and oxygen atoms in total. The molecule has 1 N–H and O–H groups in total. The van der Waals surface area contributed by atoms with E-state index in [-0.39, 0.29) is 12.1 Å². The van der Waals surface area contributed by atoms with Crippen LogP contribution in [0.2, 0.25) is 10.0 Å². The van der Waals surface area contributed by atoms with Crippen LogP contribution in [-0.4, -0.2) is 48.3 Å². The van der Waals surface area contributed by atoms with E-state index in [0.29, 0.717) is 28.5 Å². The second-order valence-electron chi connectivity index (χ2n) is 5.78. The van der Waals surface area contributed by atoms with Crippen LogP contribution in [0.25, 0.3) is 5.57 Å². The number of nitrogens with zero attached hydrogens (tertiary/aromatic N) is 1. The molecule has 3 rings (SSSR count). The fraction of sp³-hybridized carbons (Fsp3) is 0.438. The molecule has 0 spiro atoms. The van der Waals surface area contributed by atoms with Gasteiger partial charge in [0.05, 0.1) is 34.9 Å². The lowest BCUT2D eigenvalue weighted by atomic mass is 9.88. The molecule has 6 heteroatoms. The Morgan fingerprint density at radius 2 is 2.09 bits per heavy atom. The van der Waals surface area contributed by atoms with Crippen molar-refractivity contribution in [2.24, 2.45) is 0 Å². The third-order valence-electron chi connectivity index (χ3n) is 4.63. The summed E-state index contributed by atoms with van der Waals surface area (Å²) < 4.78 is 4.95. The van der Waals surface area contributed by atoms with Gasteiger partial charge >= 0.3 is 5.97 Å². The minimum Gasteiger partial charge on any atom is -0.466 e. The Bertz CT molecular complexity index is 659. The van der Waals surface area contributed by atoms with E-state index in [1.165, 1.54) is 7.11 Å². The molecule has 118 valence electrons. The summed E-state index contributed by atoms with van der Waals surface area (Å²) in [7, 11) is 3.29. The van der Waals surface area contributed by atoms with Gasteiger partial charge in [0.25, 0.3) is 0 Å². The lowest BCUT2D eigenvalue weighted by Crippen LogP contribution is -2.43. The third-order valence-corrected chi connectivity index (χ3v) is 5.37. The fourth-order valence-electron chi connectivity index (χ4n) is 3.53. The van der Waals surface area contributed by atoms with Gasteiger partial charge in [0.15, 0.2) is 0 Å². The van der Waals surface area contributed by atoms with Crippen LogP contribution in [0.1, 0.15) is 18.4 Å². The first-order valence-corrected chi connectivity index (χ1v) is 7.86. The van der Waals surface area contributed by atoms with Gasteiger partial charge in [-0.15, -0.1) is 0 Å². The largest absolute Gasteiger partial charge is 0.466 e. The van der Waals surface area contributed by atoms with E-state index < -0.39 is 12.1 Å². The Kier molecular flexibility index (Phi) is 4.21. The molecule has 0 aliphatic carbocycles. The Morgan fingerprint density at radius 3 is 2.73 bits per heavy atom. The zero-order valence-electron chi connectivity index (χ0n) is 12.3. The molecular weight excluding hydrogens is 325 g/mol. The second kappa shape index (κ2) is 5.85. The van der Waals surface area contributed by atoms with Gasteiger partial charge in [-0.1, -0.05) is 29.3 Å². The molecule has 1 fully saturated rings. The standard InChI is InChI=1S/C16H17Cl2NO3/c1-19-9-6-10(8-3-4-11(17)12(18)5-8)14(16(21)22-2)15(19)13(20)7-9/h3-5,9,13,15,20H,6-7H2,1-2H3/t9-,13+,15-/m0/s1. The Labute approximate surface area is 139 Å². The zero-order valence-corrected chi connectivity index (χ0v) is 13.9. The number of fused-ring (bicyclic) bond motifs is 2. The van der Waals surface area contributed by atoms with E-state index in [2.05, 4.69) is 4.90 Å². The third kappa shape index (κ3) is 2.44. The van der Waals surface area contributed by atoms with Crippen LogP contribution < -0.4 is 0 Å². The molecule has 0 aromatic heterocycles. The Hall–Kier alpha value is -1.07. The number of aliphatic hydroxyl groups excluding tert-OH is 1. The van der Waals surface area contributed by atoms with Crippen molar-refractivity contribution in [3.05, 3.63) is 39.4 Å². The first-order chi connectivity index (χ1) is 10.4. The number of carbonyl (C=O) groups is 1. The summed E-state index contributed by atoms with van der Waals surface area (Å²) in [5.41, 5.74) is 2.26. The zero-order chi connectivity index (χ0) is 16.0. The van der Waals surface area contributed by atoms with Crippen molar-refractivity contribution in [2.45, 2.75) is 31.0 Å². The lowest BCUT2D eigenvalue weighted by Gasteiger charge is -2.34. The number of likely N-dealkylation sites (N-methyl/N-ethyl adjacent to an activating group) is 1. The monoisotopic (exact) mass is 341 g/mol. The van der Waals surface area contributed by atoms with E-state index in [0.717, 1.165) is 11.1 Å². The van der Waals surface area contributed by atoms with E-state index in [4.69, 9.17) is 27.9 Å². The van der Waals surface area contributed by atoms with Gasteiger partial charge in [-0.05, 0) is 43.2 Å². The molecule has 0 radical (unpaired) electrons. The average Bonchev–Trinajstić information content (AvgIpc) is 2.68.